The summed E-state index contributed by atoms with van der Waals surface area (Å²) in [5, 5.41) is 7.82. The van der Waals surface area contributed by atoms with Crippen LogP contribution in [0.1, 0.15) is 19.8 Å². The largest absolute Gasteiger partial charge is 0.496 e. The van der Waals surface area contributed by atoms with Gasteiger partial charge in [-0.1, -0.05) is 12.1 Å². The van der Waals surface area contributed by atoms with Gasteiger partial charge in [-0.25, -0.2) is 0 Å². The zero-order valence-corrected chi connectivity index (χ0v) is 18.1. The molecule has 2 aromatic heterocycles. The topological polar surface area (TPSA) is 111 Å². The number of aromatic amines is 1. The number of methoxy groups -OCH3 is 1. The van der Waals surface area contributed by atoms with Crippen LogP contribution < -0.4 is 20.9 Å². The molecule has 2 fully saturated rings. The van der Waals surface area contributed by atoms with Crippen LogP contribution in [0, 0.1) is 5.41 Å². The Hall–Kier alpha value is -2.91. The molecule has 164 valence electrons. The molecule has 1 aromatic carbocycles. The number of anilines is 1. The molecule has 0 amide bonds. The van der Waals surface area contributed by atoms with E-state index in [1.165, 1.54) is 0 Å². The lowest BCUT2D eigenvalue weighted by Gasteiger charge is -2.41. The van der Waals surface area contributed by atoms with E-state index in [2.05, 4.69) is 15.1 Å². The van der Waals surface area contributed by atoms with Crippen molar-refractivity contribution in [3.05, 3.63) is 34.6 Å². The Morgan fingerprint density at radius 3 is 2.71 bits per heavy atom. The number of piperidine rings is 1. The maximum absolute atomic E-state index is 13.3. The molecule has 2 atom stereocenters. The molecule has 2 aliphatic rings. The van der Waals surface area contributed by atoms with Crippen LogP contribution in [-0.2, 0) is 11.8 Å². The summed E-state index contributed by atoms with van der Waals surface area (Å²) < 4.78 is 12.9. The summed E-state index contributed by atoms with van der Waals surface area (Å²) in [6, 6.07) is 7.57. The monoisotopic (exact) mass is 424 g/mol. The number of fused-ring (bicyclic) bond motifs is 1. The molecule has 4 heterocycles. The average Bonchev–Trinajstić information content (AvgIpc) is 3.34. The number of H-pyrrole nitrogens is 1. The van der Waals surface area contributed by atoms with Gasteiger partial charge in [-0.15, -0.1) is 0 Å². The highest BCUT2D eigenvalue weighted by atomic mass is 16.5. The van der Waals surface area contributed by atoms with Crippen LogP contribution in [-0.4, -0.2) is 58.7 Å². The SMILES string of the molecule is COc1ccccc1-c1n[nH]c2nc(N3CCC4(CC3)CO[C@@H](C)[C@H]4N)n(C)c(=O)c12. The molecule has 31 heavy (non-hydrogen) atoms. The zero-order chi connectivity index (χ0) is 21.8. The van der Waals surface area contributed by atoms with Crippen LogP contribution in [0.4, 0.5) is 5.95 Å². The summed E-state index contributed by atoms with van der Waals surface area (Å²) in [5.41, 5.74) is 8.11. The standard InChI is InChI=1S/C22H28N6O3/c1-13-18(23)22(12-31-13)8-10-28(11-9-22)21-24-19-16(20(29)27(21)2)17(25-26-19)14-6-4-5-7-15(14)30-3/h4-7,13,18H,8-12,23H2,1-3H3,(H,25,26)/t13-,18+/m0/s1. The van der Waals surface area contributed by atoms with Gasteiger partial charge in [0.2, 0.25) is 5.95 Å². The maximum Gasteiger partial charge on any atom is 0.266 e. The van der Waals surface area contributed by atoms with Gasteiger partial charge in [0, 0.05) is 37.2 Å². The lowest BCUT2D eigenvalue weighted by atomic mass is 9.73. The van der Waals surface area contributed by atoms with Crippen molar-refractivity contribution in [2.75, 3.05) is 31.7 Å². The van der Waals surface area contributed by atoms with Crippen LogP contribution in [0.25, 0.3) is 22.3 Å². The number of hydrogen-bond acceptors (Lipinski definition) is 7. The molecule has 3 aromatic rings. The van der Waals surface area contributed by atoms with Crippen molar-refractivity contribution in [2.24, 2.45) is 18.2 Å². The number of aromatic nitrogens is 4. The second-order valence-corrected chi connectivity index (χ2v) is 8.66. The number of nitrogens with two attached hydrogens (primary N) is 1. The first-order valence-corrected chi connectivity index (χ1v) is 10.7. The van der Waals surface area contributed by atoms with E-state index in [1.54, 1.807) is 18.7 Å². The molecular weight excluding hydrogens is 396 g/mol. The highest BCUT2D eigenvalue weighted by Gasteiger charge is 2.47. The van der Waals surface area contributed by atoms with E-state index in [-0.39, 0.29) is 23.1 Å². The Bertz CT molecular complexity index is 1180. The highest BCUT2D eigenvalue weighted by Crippen LogP contribution is 2.41. The smallest absolute Gasteiger partial charge is 0.266 e. The summed E-state index contributed by atoms with van der Waals surface area (Å²) in [6.45, 7) is 4.31. The third-order valence-electron chi connectivity index (χ3n) is 7.03. The van der Waals surface area contributed by atoms with E-state index in [0.717, 1.165) is 31.5 Å². The molecule has 0 aliphatic carbocycles. The number of nitrogens with one attached hydrogen (secondary N) is 1. The number of hydrogen-bond donors (Lipinski definition) is 2. The van der Waals surface area contributed by atoms with E-state index < -0.39 is 0 Å². The third kappa shape index (κ3) is 3.02. The second-order valence-electron chi connectivity index (χ2n) is 8.66. The molecule has 0 unspecified atom stereocenters. The Kier molecular flexibility index (Phi) is 4.75. The lowest BCUT2D eigenvalue weighted by molar-refractivity contribution is 0.0973. The van der Waals surface area contributed by atoms with E-state index in [9.17, 15) is 4.79 Å². The quantitative estimate of drug-likeness (QED) is 0.658. The molecule has 5 rings (SSSR count). The van der Waals surface area contributed by atoms with Crippen LogP contribution in [0.3, 0.4) is 0 Å². The van der Waals surface area contributed by atoms with Gasteiger partial charge in [0.25, 0.3) is 5.56 Å². The Balaban J connectivity index is 1.50. The van der Waals surface area contributed by atoms with E-state index >= 15 is 0 Å². The van der Waals surface area contributed by atoms with Crippen molar-refractivity contribution >= 4 is 17.0 Å². The first kappa shape index (κ1) is 20.0. The van der Waals surface area contributed by atoms with Crippen molar-refractivity contribution in [1.82, 2.24) is 19.7 Å². The van der Waals surface area contributed by atoms with Gasteiger partial charge in [0.15, 0.2) is 5.65 Å². The van der Waals surface area contributed by atoms with Crippen LogP contribution in [0.15, 0.2) is 29.1 Å². The highest BCUT2D eigenvalue weighted by molar-refractivity contribution is 5.92. The Morgan fingerprint density at radius 2 is 2.03 bits per heavy atom. The fourth-order valence-corrected chi connectivity index (χ4v) is 4.99. The zero-order valence-electron chi connectivity index (χ0n) is 18.1. The Morgan fingerprint density at radius 1 is 1.29 bits per heavy atom. The van der Waals surface area contributed by atoms with Crippen molar-refractivity contribution in [2.45, 2.75) is 31.9 Å². The summed E-state index contributed by atoms with van der Waals surface area (Å²) in [7, 11) is 3.37. The van der Waals surface area contributed by atoms with Gasteiger partial charge in [-0.2, -0.15) is 10.1 Å². The molecule has 0 saturated carbocycles. The van der Waals surface area contributed by atoms with Crippen LogP contribution >= 0.6 is 0 Å². The second kappa shape index (κ2) is 7.35. The van der Waals surface area contributed by atoms with Gasteiger partial charge < -0.3 is 20.1 Å². The summed E-state index contributed by atoms with van der Waals surface area (Å²) in [4.78, 5) is 20.3. The third-order valence-corrected chi connectivity index (χ3v) is 7.03. The molecule has 9 nitrogen and oxygen atoms in total. The van der Waals surface area contributed by atoms with Gasteiger partial charge in [-0.3, -0.25) is 14.5 Å². The van der Waals surface area contributed by atoms with Crippen LogP contribution in [0.5, 0.6) is 5.75 Å². The number of para-hydroxylation sites is 1. The van der Waals surface area contributed by atoms with E-state index in [1.807, 2.05) is 31.2 Å². The Labute approximate surface area is 180 Å². The summed E-state index contributed by atoms with van der Waals surface area (Å²) in [6.07, 6.45) is 1.92. The number of nitrogens with zero attached hydrogens (tertiary/aromatic N) is 4. The van der Waals surface area contributed by atoms with Gasteiger partial charge >= 0.3 is 0 Å². The van der Waals surface area contributed by atoms with Crippen molar-refractivity contribution in [3.8, 4) is 17.0 Å². The number of ether oxygens (including phenoxy) is 2. The molecule has 2 saturated heterocycles. The van der Waals surface area contributed by atoms with E-state index in [4.69, 9.17) is 20.2 Å². The predicted molar refractivity (Wildman–Crippen MR) is 118 cm³/mol. The summed E-state index contributed by atoms with van der Waals surface area (Å²) >= 11 is 0. The van der Waals surface area contributed by atoms with Crippen molar-refractivity contribution in [3.63, 3.8) is 0 Å². The van der Waals surface area contributed by atoms with Gasteiger partial charge in [0.1, 0.15) is 16.8 Å². The van der Waals surface area contributed by atoms with Crippen LogP contribution in [0.2, 0.25) is 0 Å². The molecule has 0 bridgehead atoms. The summed E-state index contributed by atoms with van der Waals surface area (Å²) in [5.74, 6) is 1.30. The molecule has 3 N–H and O–H groups in total. The molecule has 1 spiro atoms. The van der Waals surface area contributed by atoms with Gasteiger partial charge in [-0.05, 0) is 31.9 Å². The number of benzene rings is 1. The maximum atomic E-state index is 13.3. The number of rotatable bonds is 3. The fourth-order valence-electron chi connectivity index (χ4n) is 4.99. The minimum absolute atomic E-state index is 0.0178. The molecule has 9 heteroatoms. The minimum Gasteiger partial charge on any atom is -0.496 e. The normalized spacial score (nSPS) is 23.0. The van der Waals surface area contributed by atoms with Crippen molar-refractivity contribution in [1.29, 1.82) is 0 Å². The van der Waals surface area contributed by atoms with E-state index in [0.29, 0.717) is 35.0 Å². The molecule has 2 aliphatic heterocycles. The van der Waals surface area contributed by atoms with Crippen molar-refractivity contribution < 1.29 is 9.47 Å². The molecular formula is C22H28N6O3. The lowest BCUT2D eigenvalue weighted by Crippen LogP contribution is -2.51. The first-order chi connectivity index (χ1) is 14.9. The predicted octanol–water partition coefficient (Wildman–Crippen LogP) is 1.66. The fraction of sp³-hybridized carbons (Fsp3) is 0.500. The molecule has 0 radical (unpaired) electrons. The van der Waals surface area contributed by atoms with Gasteiger partial charge in [0.05, 0.1) is 19.8 Å². The minimum atomic E-state index is -0.135. The first-order valence-electron chi connectivity index (χ1n) is 10.7. The average molecular weight is 425 g/mol.